The van der Waals surface area contributed by atoms with Crippen molar-refractivity contribution in [3.63, 3.8) is 0 Å². The van der Waals surface area contributed by atoms with Gasteiger partial charge in [0.05, 0.1) is 10.0 Å². The molecule has 0 spiro atoms. The van der Waals surface area contributed by atoms with Gasteiger partial charge in [0.2, 0.25) is 5.88 Å². The van der Waals surface area contributed by atoms with Gasteiger partial charge in [-0.15, -0.1) is 0 Å². The first-order valence-corrected chi connectivity index (χ1v) is 7.13. The molecule has 0 aliphatic heterocycles. The van der Waals surface area contributed by atoms with Gasteiger partial charge in [-0.2, -0.15) is 0 Å². The van der Waals surface area contributed by atoms with Crippen LogP contribution < -0.4 is 10.5 Å². The molecule has 1 heterocycles. The Hall–Kier alpha value is -0.810. The van der Waals surface area contributed by atoms with Crippen LogP contribution in [0.3, 0.4) is 0 Å². The normalized spacial score (nSPS) is 10.5. The van der Waals surface area contributed by atoms with E-state index in [0.717, 1.165) is 10.0 Å². The van der Waals surface area contributed by atoms with Crippen LogP contribution in [0.5, 0.6) is 11.6 Å². The van der Waals surface area contributed by atoms with Crippen molar-refractivity contribution in [1.82, 2.24) is 4.98 Å². The summed E-state index contributed by atoms with van der Waals surface area (Å²) in [6, 6.07) is 7.09. The molecule has 0 aliphatic rings. The van der Waals surface area contributed by atoms with Gasteiger partial charge in [0.1, 0.15) is 5.75 Å². The second-order valence-electron chi connectivity index (χ2n) is 3.81. The Morgan fingerprint density at radius 1 is 1.26 bits per heavy atom. The Bertz CT molecular complexity index is 593. The summed E-state index contributed by atoms with van der Waals surface area (Å²) >= 11 is 15.4. The second-order valence-corrected chi connectivity index (χ2v) is 5.47. The van der Waals surface area contributed by atoms with E-state index in [1.807, 2.05) is 12.1 Å². The number of ether oxygens (including phenoxy) is 1. The van der Waals surface area contributed by atoms with E-state index in [2.05, 4.69) is 20.9 Å². The van der Waals surface area contributed by atoms with Gasteiger partial charge >= 0.3 is 0 Å². The highest BCUT2D eigenvalue weighted by Gasteiger charge is 2.11. The molecule has 19 heavy (non-hydrogen) atoms. The topological polar surface area (TPSA) is 48.1 Å². The summed E-state index contributed by atoms with van der Waals surface area (Å²) in [4.78, 5) is 4.19. The van der Waals surface area contributed by atoms with Gasteiger partial charge < -0.3 is 10.5 Å². The zero-order valence-corrected chi connectivity index (χ0v) is 13.0. The van der Waals surface area contributed by atoms with E-state index < -0.39 is 0 Å². The zero-order valence-electron chi connectivity index (χ0n) is 9.87. The van der Waals surface area contributed by atoms with E-state index in [-0.39, 0.29) is 0 Å². The molecule has 3 nitrogen and oxygen atoms in total. The summed E-state index contributed by atoms with van der Waals surface area (Å²) in [6.07, 6.45) is 2.34. The van der Waals surface area contributed by atoms with Crippen molar-refractivity contribution in [1.29, 1.82) is 0 Å². The average molecular weight is 362 g/mol. The van der Waals surface area contributed by atoms with E-state index in [1.165, 1.54) is 0 Å². The van der Waals surface area contributed by atoms with Crippen LogP contribution in [-0.4, -0.2) is 11.5 Å². The third kappa shape index (κ3) is 3.60. The summed E-state index contributed by atoms with van der Waals surface area (Å²) in [7, 11) is 0. The highest BCUT2D eigenvalue weighted by molar-refractivity contribution is 9.10. The minimum atomic E-state index is 0.459. The van der Waals surface area contributed by atoms with Crippen LogP contribution in [0.15, 0.2) is 34.9 Å². The molecule has 2 N–H and O–H groups in total. The number of rotatable bonds is 4. The van der Waals surface area contributed by atoms with Crippen molar-refractivity contribution >= 4 is 39.1 Å². The van der Waals surface area contributed by atoms with Crippen molar-refractivity contribution in [3.05, 3.63) is 50.5 Å². The zero-order chi connectivity index (χ0) is 13.8. The smallest absolute Gasteiger partial charge is 0.222 e. The Kier molecular flexibility index (Phi) is 5.05. The van der Waals surface area contributed by atoms with E-state index >= 15 is 0 Å². The van der Waals surface area contributed by atoms with Crippen molar-refractivity contribution < 1.29 is 4.74 Å². The number of benzene rings is 1. The summed E-state index contributed by atoms with van der Waals surface area (Å²) in [6.45, 7) is 0.525. The van der Waals surface area contributed by atoms with Gasteiger partial charge in [-0.05, 0) is 41.0 Å². The van der Waals surface area contributed by atoms with Crippen molar-refractivity contribution in [2.75, 3.05) is 6.54 Å². The lowest BCUT2D eigenvalue weighted by Crippen LogP contribution is -2.04. The largest absolute Gasteiger partial charge is 0.437 e. The summed E-state index contributed by atoms with van der Waals surface area (Å²) in [5.74, 6) is 0.958. The predicted octanol–water partition coefficient (Wildman–Crippen LogP) is 4.44. The number of aromatic nitrogens is 1. The molecule has 100 valence electrons. The van der Waals surface area contributed by atoms with Gasteiger partial charge in [0.15, 0.2) is 0 Å². The molecule has 0 amide bonds. The molecule has 0 saturated carbocycles. The van der Waals surface area contributed by atoms with Crippen molar-refractivity contribution in [2.24, 2.45) is 5.73 Å². The van der Waals surface area contributed by atoms with Crippen molar-refractivity contribution in [2.45, 2.75) is 6.42 Å². The molecular formula is C13H11BrCl2N2O. The van der Waals surface area contributed by atoms with E-state index in [0.29, 0.717) is 34.6 Å². The Morgan fingerprint density at radius 3 is 2.79 bits per heavy atom. The van der Waals surface area contributed by atoms with Gasteiger partial charge in [0, 0.05) is 22.3 Å². The molecule has 0 radical (unpaired) electrons. The number of nitrogens with two attached hydrogens (primary N) is 1. The molecule has 0 unspecified atom stereocenters. The van der Waals surface area contributed by atoms with E-state index in [9.17, 15) is 0 Å². The van der Waals surface area contributed by atoms with Gasteiger partial charge in [0.25, 0.3) is 0 Å². The molecule has 1 aromatic carbocycles. The quantitative estimate of drug-likeness (QED) is 0.818. The number of nitrogens with zero attached hydrogens (tertiary/aromatic N) is 1. The highest BCUT2D eigenvalue weighted by atomic mass is 79.9. The minimum absolute atomic E-state index is 0.459. The molecule has 6 heteroatoms. The number of hydrogen-bond donors (Lipinski definition) is 1. The lowest BCUT2D eigenvalue weighted by atomic mass is 10.2. The summed E-state index contributed by atoms with van der Waals surface area (Å²) < 4.78 is 6.44. The van der Waals surface area contributed by atoms with Crippen LogP contribution in [-0.2, 0) is 6.42 Å². The molecule has 0 fully saturated rings. The fourth-order valence-electron chi connectivity index (χ4n) is 1.55. The third-order valence-electron chi connectivity index (χ3n) is 2.45. The lowest BCUT2D eigenvalue weighted by molar-refractivity contribution is 0.456. The highest BCUT2D eigenvalue weighted by Crippen LogP contribution is 2.36. The molecule has 0 saturated heterocycles. The Labute approximate surface area is 129 Å². The molecule has 0 atom stereocenters. The fourth-order valence-corrected chi connectivity index (χ4v) is 2.38. The summed E-state index contributed by atoms with van der Waals surface area (Å²) in [5, 5.41) is 0.983. The number of halogens is 3. The molecule has 0 aliphatic carbocycles. The molecule has 0 bridgehead atoms. The maximum Gasteiger partial charge on any atom is 0.222 e. The van der Waals surface area contributed by atoms with E-state index in [1.54, 1.807) is 18.3 Å². The Balaban J connectivity index is 2.33. The van der Waals surface area contributed by atoms with Crippen LogP contribution in [0.1, 0.15) is 5.56 Å². The first kappa shape index (κ1) is 14.6. The summed E-state index contributed by atoms with van der Waals surface area (Å²) in [5.41, 5.74) is 6.49. The molecule has 1 aromatic heterocycles. The SMILES string of the molecule is NCCc1cccnc1Oc1cc(Cl)c(Br)cc1Cl. The van der Waals surface area contributed by atoms with Gasteiger partial charge in [-0.3, -0.25) is 0 Å². The van der Waals surface area contributed by atoms with Crippen LogP contribution in [0, 0.1) is 0 Å². The molecule has 2 rings (SSSR count). The fraction of sp³-hybridized carbons (Fsp3) is 0.154. The molecular weight excluding hydrogens is 351 g/mol. The van der Waals surface area contributed by atoms with Crippen LogP contribution >= 0.6 is 39.1 Å². The van der Waals surface area contributed by atoms with Crippen LogP contribution in [0.25, 0.3) is 0 Å². The Morgan fingerprint density at radius 2 is 2.05 bits per heavy atom. The van der Waals surface area contributed by atoms with E-state index in [4.69, 9.17) is 33.7 Å². The predicted molar refractivity (Wildman–Crippen MR) is 81.2 cm³/mol. The maximum absolute atomic E-state index is 6.11. The van der Waals surface area contributed by atoms with Gasteiger partial charge in [-0.1, -0.05) is 29.3 Å². The monoisotopic (exact) mass is 360 g/mol. The maximum atomic E-state index is 6.11. The standard InChI is InChI=1S/C13H11BrCl2N2O/c14-9-6-11(16)12(7-10(9)15)19-13-8(3-4-17)2-1-5-18-13/h1-2,5-7H,3-4,17H2. The second kappa shape index (κ2) is 6.57. The first-order chi connectivity index (χ1) is 9.11. The van der Waals surface area contributed by atoms with Gasteiger partial charge in [-0.25, -0.2) is 4.98 Å². The number of pyridine rings is 1. The average Bonchev–Trinajstić information content (AvgIpc) is 2.38. The van der Waals surface area contributed by atoms with Crippen LogP contribution in [0.2, 0.25) is 10.0 Å². The van der Waals surface area contributed by atoms with Crippen molar-refractivity contribution in [3.8, 4) is 11.6 Å². The first-order valence-electron chi connectivity index (χ1n) is 5.58. The number of hydrogen-bond acceptors (Lipinski definition) is 3. The van der Waals surface area contributed by atoms with Crippen LogP contribution in [0.4, 0.5) is 0 Å². The molecule has 2 aromatic rings. The minimum Gasteiger partial charge on any atom is -0.437 e. The lowest BCUT2D eigenvalue weighted by Gasteiger charge is -2.11. The third-order valence-corrected chi connectivity index (χ3v) is 3.94.